The molecule has 0 bridgehead atoms. The summed E-state index contributed by atoms with van der Waals surface area (Å²) in [6.45, 7) is 10.1. The van der Waals surface area contributed by atoms with Gasteiger partial charge in [-0.3, -0.25) is 4.90 Å². The van der Waals surface area contributed by atoms with E-state index in [1.807, 2.05) is 0 Å². The van der Waals surface area contributed by atoms with Crippen LogP contribution < -0.4 is 5.32 Å². The Labute approximate surface area is 117 Å². The number of benzene rings is 1. The van der Waals surface area contributed by atoms with Crippen LogP contribution >= 0.6 is 0 Å². The molecule has 1 aromatic rings. The highest BCUT2D eigenvalue weighted by atomic mass is 15.2. The number of nitrogens with one attached hydrogen (secondary N) is 1. The average molecular weight is 261 g/mol. The normalized spacial score (nSPS) is 18.8. The topological polar surface area (TPSA) is 18.5 Å². The SMILES string of the molecule is Cc1ccc(C(CN2CCNCC2)N(C)C)cc1C. The molecular formula is C16H27N3. The number of nitrogens with zero attached hydrogens (tertiary/aromatic N) is 2. The minimum absolute atomic E-state index is 0.484. The van der Waals surface area contributed by atoms with Crippen molar-refractivity contribution in [3.8, 4) is 0 Å². The van der Waals surface area contributed by atoms with Crippen LogP contribution in [0.15, 0.2) is 18.2 Å². The number of piperazine rings is 1. The minimum atomic E-state index is 0.484. The predicted octanol–water partition coefficient (Wildman–Crippen LogP) is 1.81. The van der Waals surface area contributed by atoms with E-state index in [-0.39, 0.29) is 0 Å². The van der Waals surface area contributed by atoms with Gasteiger partial charge in [0.1, 0.15) is 0 Å². The van der Waals surface area contributed by atoms with Crippen LogP contribution in [0.3, 0.4) is 0 Å². The van der Waals surface area contributed by atoms with E-state index in [2.05, 4.69) is 61.3 Å². The van der Waals surface area contributed by atoms with Crippen LogP contribution in [0.25, 0.3) is 0 Å². The van der Waals surface area contributed by atoms with E-state index in [4.69, 9.17) is 0 Å². The molecule has 0 aliphatic carbocycles. The van der Waals surface area contributed by atoms with Crippen molar-refractivity contribution >= 4 is 0 Å². The quantitative estimate of drug-likeness (QED) is 0.892. The largest absolute Gasteiger partial charge is 0.314 e. The molecule has 1 fully saturated rings. The molecular weight excluding hydrogens is 234 g/mol. The van der Waals surface area contributed by atoms with Crippen LogP contribution in [0.4, 0.5) is 0 Å². The lowest BCUT2D eigenvalue weighted by molar-refractivity contribution is 0.168. The predicted molar refractivity (Wildman–Crippen MR) is 81.7 cm³/mol. The van der Waals surface area contributed by atoms with E-state index in [0.717, 1.165) is 32.7 Å². The van der Waals surface area contributed by atoms with Crippen molar-refractivity contribution in [1.82, 2.24) is 15.1 Å². The number of hydrogen-bond acceptors (Lipinski definition) is 3. The molecule has 1 aliphatic heterocycles. The van der Waals surface area contributed by atoms with Crippen molar-refractivity contribution in [3.63, 3.8) is 0 Å². The molecule has 1 aliphatic rings. The van der Waals surface area contributed by atoms with Crippen molar-refractivity contribution in [2.45, 2.75) is 19.9 Å². The number of rotatable bonds is 4. The third kappa shape index (κ3) is 3.78. The molecule has 1 aromatic carbocycles. The Bertz CT molecular complexity index is 408. The van der Waals surface area contributed by atoms with E-state index < -0.39 is 0 Å². The fourth-order valence-electron chi connectivity index (χ4n) is 2.68. The molecule has 1 unspecified atom stereocenters. The molecule has 2 rings (SSSR count). The molecule has 0 amide bonds. The van der Waals surface area contributed by atoms with E-state index in [1.165, 1.54) is 16.7 Å². The summed E-state index contributed by atoms with van der Waals surface area (Å²) < 4.78 is 0. The number of aryl methyl sites for hydroxylation is 2. The highest BCUT2D eigenvalue weighted by Gasteiger charge is 2.19. The van der Waals surface area contributed by atoms with Gasteiger partial charge in [-0.1, -0.05) is 18.2 Å². The molecule has 0 radical (unpaired) electrons. The second-order valence-electron chi connectivity index (χ2n) is 5.87. The van der Waals surface area contributed by atoms with Gasteiger partial charge in [0, 0.05) is 38.8 Å². The maximum Gasteiger partial charge on any atom is 0.0469 e. The van der Waals surface area contributed by atoms with Crippen molar-refractivity contribution < 1.29 is 0 Å². The smallest absolute Gasteiger partial charge is 0.0469 e. The van der Waals surface area contributed by atoms with Gasteiger partial charge in [-0.2, -0.15) is 0 Å². The van der Waals surface area contributed by atoms with Gasteiger partial charge in [0.15, 0.2) is 0 Å². The third-order valence-electron chi connectivity index (χ3n) is 4.18. The molecule has 1 atom stereocenters. The van der Waals surface area contributed by atoms with Crippen LogP contribution in [0.1, 0.15) is 22.7 Å². The van der Waals surface area contributed by atoms with Crippen LogP contribution in [0.2, 0.25) is 0 Å². The summed E-state index contributed by atoms with van der Waals surface area (Å²) in [7, 11) is 4.37. The zero-order valence-corrected chi connectivity index (χ0v) is 12.7. The Morgan fingerprint density at radius 3 is 2.42 bits per heavy atom. The zero-order chi connectivity index (χ0) is 13.8. The van der Waals surface area contributed by atoms with Crippen LogP contribution in [-0.2, 0) is 0 Å². The Hall–Kier alpha value is -0.900. The van der Waals surface area contributed by atoms with Crippen molar-refractivity contribution in [2.24, 2.45) is 0 Å². The first-order chi connectivity index (χ1) is 9.08. The van der Waals surface area contributed by atoms with E-state index >= 15 is 0 Å². The number of likely N-dealkylation sites (N-methyl/N-ethyl adjacent to an activating group) is 1. The second kappa shape index (κ2) is 6.51. The summed E-state index contributed by atoms with van der Waals surface area (Å²) in [6, 6.07) is 7.37. The second-order valence-corrected chi connectivity index (χ2v) is 5.87. The maximum absolute atomic E-state index is 3.42. The lowest BCUT2D eigenvalue weighted by Crippen LogP contribution is -2.46. The Kier molecular flexibility index (Phi) is 4.97. The highest BCUT2D eigenvalue weighted by Crippen LogP contribution is 2.22. The molecule has 19 heavy (non-hydrogen) atoms. The zero-order valence-electron chi connectivity index (χ0n) is 12.7. The molecule has 3 heteroatoms. The van der Waals surface area contributed by atoms with Crippen LogP contribution in [-0.4, -0.2) is 56.6 Å². The third-order valence-corrected chi connectivity index (χ3v) is 4.18. The minimum Gasteiger partial charge on any atom is -0.314 e. The van der Waals surface area contributed by atoms with E-state index in [1.54, 1.807) is 0 Å². The van der Waals surface area contributed by atoms with Gasteiger partial charge < -0.3 is 10.2 Å². The van der Waals surface area contributed by atoms with Gasteiger partial charge in [-0.05, 0) is 44.6 Å². The fourth-order valence-corrected chi connectivity index (χ4v) is 2.68. The standard InChI is InChI=1S/C16H27N3/c1-13-5-6-15(11-14(13)2)16(18(3)4)12-19-9-7-17-8-10-19/h5-6,11,16-17H,7-10,12H2,1-4H3. The van der Waals surface area contributed by atoms with Gasteiger partial charge in [0.2, 0.25) is 0 Å². The highest BCUT2D eigenvalue weighted by molar-refractivity contribution is 5.32. The van der Waals surface area contributed by atoms with Gasteiger partial charge in [-0.15, -0.1) is 0 Å². The number of hydrogen-bond donors (Lipinski definition) is 1. The van der Waals surface area contributed by atoms with Crippen LogP contribution in [0.5, 0.6) is 0 Å². The lowest BCUT2D eigenvalue weighted by Gasteiger charge is -2.34. The molecule has 0 spiro atoms. The van der Waals surface area contributed by atoms with Crippen LogP contribution in [0, 0.1) is 13.8 Å². The monoisotopic (exact) mass is 261 g/mol. The first-order valence-electron chi connectivity index (χ1n) is 7.24. The van der Waals surface area contributed by atoms with Gasteiger partial charge in [-0.25, -0.2) is 0 Å². The van der Waals surface area contributed by atoms with Gasteiger partial charge in [0.25, 0.3) is 0 Å². The molecule has 1 heterocycles. The summed E-state index contributed by atoms with van der Waals surface area (Å²) in [5.41, 5.74) is 4.21. The Morgan fingerprint density at radius 1 is 1.16 bits per heavy atom. The first-order valence-corrected chi connectivity index (χ1v) is 7.24. The molecule has 3 nitrogen and oxygen atoms in total. The summed E-state index contributed by atoms with van der Waals surface area (Å²) in [4.78, 5) is 4.91. The fraction of sp³-hybridized carbons (Fsp3) is 0.625. The van der Waals surface area contributed by atoms with Gasteiger partial charge >= 0.3 is 0 Å². The molecule has 0 saturated carbocycles. The molecule has 106 valence electrons. The van der Waals surface area contributed by atoms with Crippen molar-refractivity contribution in [3.05, 3.63) is 34.9 Å². The molecule has 0 aromatic heterocycles. The molecule has 1 N–H and O–H groups in total. The summed E-state index contributed by atoms with van der Waals surface area (Å²) in [5.74, 6) is 0. The Balaban J connectivity index is 2.12. The van der Waals surface area contributed by atoms with Gasteiger partial charge in [0.05, 0.1) is 0 Å². The summed E-state index contributed by atoms with van der Waals surface area (Å²) in [5, 5.41) is 3.42. The summed E-state index contributed by atoms with van der Waals surface area (Å²) >= 11 is 0. The first kappa shape index (κ1) is 14.5. The van der Waals surface area contributed by atoms with Crippen molar-refractivity contribution in [1.29, 1.82) is 0 Å². The van der Waals surface area contributed by atoms with E-state index in [0.29, 0.717) is 6.04 Å². The lowest BCUT2D eigenvalue weighted by atomic mass is 10.00. The molecule has 1 saturated heterocycles. The average Bonchev–Trinajstić information content (AvgIpc) is 2.40. The summed E-state index contributed by atoms with van der Waals surface area (Å²) in [6.07, 6.45) is 0. The van der Waals surface area contributed by atoms with Crippen molar-refractivity contribution in [2.75, 3.05) is 46.8 Å². The maximum atomic E-state index is 3.42. The Morgan fingerprint density at radius 2 is 1.84 bits per heavy atom. The van der Waals surface area contributed by atoms with E-state index in [9.17, 15) is 0 Å².